The van der Waals surface area contributed by atoms with Crippen molar-refractivity contribution in [1.29, 1.82) is 0 Å². The summed E-state index contributed by atoms with van der Waals surface area (Å²) >= 11 is 0. The third kappa shape index (κ3) is 4.15. The molecule has 0 radical (unpaired) electrons. The summed E-state index contributed by atoms with van der Waals surface area (Å²) in [6.45, 7) is 8.08. The van der Waals surface area contributed by atoms with Crippen LogP contribution in [0.5, 0.6) is 0 Å². The number of aromatic nitrogens is 3. The van der Waals surface area contributed by atoms with Crippen LogP contribution in [-0.4, -0.2) is 21.5 Å². The molecule has 0 amide bonds. The van der Waals surface area contributed by atoms with Gasteiger partial charge in [-0.1, -0.05) is 26.8 Å². The van der Waals surface area contributed by atoms with E-state index < -0.39 is 0 Å². The molecular weight excluding hydrogens is 262 g/mol. The van der Waals surface area contributed by atoms with E-state index in [9.17, 15) is 0 Å². The fourth-order valence-corrected chi connectivity index (χ4v) is 2.16. The number of pyridine rings is 1. The minimum atomic E-state index is 0.349. The Morgan fingerprint density at radius 1 is 1.14 bits per heavy atom. The van der Waals surface area contributed by atoms with Gasteiger partial charge >= 0.3 is 0 Å². The minimum absolute atomic E-state index is 0.349. The third-order valence-corrected chi connectivity index (χ3v) is 3.19. The quantitative estimate of drug-likeness (QED) is 0.816. The van der Waals surface area contributed by atoms with Crippen molar-refractivity contribution >= 4 is 11.6 Å². The molecule has 0 bridgehead atoms. The predicted molar refractivity (Wildman–Crippen MR) is 86.5 cm³/mol. The van der Waals surface area contributed by atoms with Gasteiger partial charge in [0, 0.05) is 31.0 Å². The predicted octanol–water partition coefficient (Wildman–Crippen LogP) is 3.43. The number of anilines is 2. The van der Waals surface area contributed by atoms with Crippen molar-refractivity contribution in [1.82, 2.24) is 15.0 Å². The molecule has 21 heavy (non-hydrogen) atoms. The van der Waals surface area contributed by atoms with Crippen molar-refractivity contribution in [2.24, 2.45) is 0 Å². The van der Waals surface area contributed by atoms with Crippen molar-refractivity contribution in [3.05, 3.63) is 42.0 Å². The number of nitrogens with zero attached hydrogens (tertiary/aromatic N) is 3. The van der Waals surface area contributed by atoms with E-state index in [-0.39, 0.29) is 0 Å². The van der Waals surface area contributed by atoms with E-state index >= 15 is 0 Å². The summed E-state index contributed by atoms with van der Waals surface area (Å²) in [5.41, 5.74) is 2.27. The summed E-state index contributed by atoms with van der Waals surface area (Å²) < 4.78 is 0. The number of hydrogen-bond acceptors (Lipinski definition) is 5. The van der Waals surface area contributed by atoms with Crippen molar-refractivity contribution in [3.8, 4) is 0 Å². The van der Waals surface area contributed by atoms with E-state index in [1.54, 1.807) is 12.5 Å². The molecule has 2 aromatic rings. The van der Waals surface area contributed by atoms with Crippen LogP contribution in [0.3, 0.4) is 0 Å². The Labute approximate surface area is 126 Å². The number of hydrogen-bond donors (Lipinski definition) is 2. The fraction of sp³-hybridized carbons (Fsp3) is 0.438. The molecule has 0 aliphatic rings. The van der Waals surface area contributed by atoms with Gasteiger partial charge in [-0.05, 0) is 24.0 Å². The largest absolute Gasteiger partial charge is 0.370 e. The fourth-order valence-electron chi connectivity index (χ4n) is 2.16. The van der Waals surface area contributed by atoms with Gasteiger partial charge in [0.2, 0.25) is 0 Å². The lowest BCUT2D eigenvalue weighted by molar-refractivity contribution is 0.839. The minimum Gasteiger partial charge on any atom is -0.370 e. The normalized spacial score (nSPS) is 10.7. The van der Waals surface area contributed by atoms with E-state index in [4.69, 9.17) is 0 Å². The van der Waals surface area contributed by atoms with Gasteiger partial charge in [0.05, 0.1) is 0 Å². The average Bonchev–Trinajstić information content (AvgIpc) is 2.51. The first kappa shape index (κ1) is 15.2. The van der Waals surface area contributed by atoms with Crippen LogP contribution in [0, 0.1) is 0 Å². The van der Waals surface area contributed by atoms with Gasteiger partial charge in [0.1, 0.15) is 18.0 Å². The van der Waals surface area contributed by atoms with Crippen LogP contribution >= 0.6 is 0 Å². The molecule has 0 unspecified atom stereocenters. The highest BCUT2D eigenvalue weighted by molar-refractivity contribution is 5.59. The van der Waals surface area contributed by atoms with Crippen LogP contribution < -0.4 is 10.6 Å². The van der Waals surface area contributed by atoms with Crippen molar-refractivity contribution in [3.63, 3.8) is 0 Å². The summed E-state index contributed by atoms with van der Waals surface area (Å²) in [6.07, 6.45) is 6.31. The molecular formula is C16H23N5. The van der Waals surface area contributed by atoms with Gasteiger partial charge in [-0.25, -0.2) is 9.97 Å². The second-order valence-corrected chi connectivity index (χ2v) is 5.28. The Morgan fingerprint density at radius 2 is 1.90 bits per heavy atom. The molecule has 0 saturated heterocycles. The van der Waals surface area contributed by atoms with E-state index in [1.165, 1.54) is 0 Å². The molecule has 2 rings (SSSR count). The lowest BCUT2D eigenvalue weighted by Crippen LogP contribution is -2.12. The first-order chi connectivity index (χ1) is 10.2. The molecule has 5 heteroatoms. The molecule has 0 aliphatic heterocycles. The van der Waals surface area contributed by atoms with Gasteiger partial charge in [-0.3, -0.25) is 4.98 Å². The zero-order valence-electron chi connectivity index (χ0n) is 12.9. The zero-order chi connectivity index (χ0) is 15.1. The Hall–Kier alpha value is -2.17. The Bertz CT molecular complexity index is 554. The van der Waals surface area contributed by atoms with Crippen molar-refractivity contribution in [2.45, 2.75) is 39.7 Å². The second-order valence-electron chi connectivity index (χ2n) is 5.28. The standard InChI is InChI=1S/C16H23N5/c1-4-7-18-15-14(12(2)3)16(21-11-20-15)19-10-13-6-5-8-17-9-13/h5-6,8-9,11-12H,4,7,10H2,1-3H3,(H2,18,19,20,21). The maximum atomic E-state index is 4.40. The van der Waals surface area contributed by atoms with Crippen molar-refractivity contribution in [2.75, 3.05) is 17.2 Å². The molecule has 2 heterocycles. The van der Waals surface area contributed by atoms with Gasteiger partial charge < -0.3 is 10.6 Å². The maximum absolute atomic E-state index is 4.40. The van der Waals surface area contributed by atoms with E-state index in [0.717, 1.165) is 35.7 Å². The van der Waals surface area contributed by atoms with Crippen LogP contribution in [0.4, 0.5) is 11.6 Å². The molecule has 2 aromatic heterocycles. The maximum Gasteiger partial charge on any atom is 0.135 e. The van der Waals surface area contributed by atoms with E-state index in [2.05, 4.69) is 46.4 Å². The van der Waals surface area contributed by atoms with E-state index in [0.29, 0.717) is 12.5 Å². The van der Waals surface area contributed by atoms with Gasteiger partial charge in [-0.15, -0.1) is 0 Å². The molecule has 0 saturated carbocycles. The lowest BCUT2D eigenvalue weighted by atomic mass is 10.0. The Morgan fingerprint density at radius 3 is 2.52 bits per heavy atom. The molecule has 0 atom stereocenters. The van der Waals surface area contributed by atoms with Gasteiger partial charge in [-0.2, -0.15) is 0 Å². The van der Waals surface area contributed by atoms with Crippen LogP contribution in [0.1, 0.15) is 44.2 Å². The molecule has 0 fully saturated rings. The van der Waals surface area contributed by atoms with Gasteiger partial charge in [0.25, 0.3) is 0 Å². The lowest BCUT2D eigenvalue weighted by Gasteiger charge is -2.17. The molecule has 5 nitrogen and oxygen atoms in total. The van der Waals surface area contributed by atoms with E-state index in [1.807, 2.05) is 18.3 Å². The van der Waals surface area contributed by atoms with Gasteiger partial charge in [0.15, 0.2) is 0 Å². The monoisotopic (exact) mass is 285 g/mol. The molecule has 112 valence electrons. The summed E-state index contributed by atoms with van der Waals surface area (Å²) in [5.74, 6) is 2.17. The van der Waals surface area contributed by atoms with Crippen LogP contribution in [0.2, 0.25) is 0 Å². The summed E-state index contributed by atoms with van der Waals surface area (Å²) in [6, 6.07) is 3.99. The molecule has 0 spiro atoms. The summed E-state index contributed by atoms with van der Waals surface area (Å²) in [7, 11) is 0. The highest BCUT2D eigenvalue weighted by Gasteiger charge is 2.14. The number of rotatable bonds is 7. The van der Waals surface area contributed by atoms with Crippen LogP contribution in [0.15, 0.2) is 30.9 Å². The molecule has 0 aromatic carbocycles. The smallest absolute Gasteiger partial charge is 0.135 e. The highest BCUT2D eigenvalue weighted by atomic mass is 15.1. The SMILES string of the molecule is CCCNc1ncnc(NCc2cccnc2)c1C(C)C. The second kappa shape index (κ2) is 7.57. The number of nitrogens with one attached hydrogen (secondary N) is 2. The summed E-state index contributed by atoms with van der Waals surface area (Å²) in [5, 5.41) is 6.78. The Kier molecular flexibility index (Phi) is 5.49. The first-order valence-electron chi connectivity index (χ1n) is 7.44. The highest BCUT2D eigenvalue weighted by Crippen LogP contribution is 2.28. The Balaban J connectivity index is 2.17. The molecule has 0 aliphatic carbocycles. The summed E-state index contributed by atoms with van der Waals surface area (Å²) in [4.78, 5) is 12.9. The average molecular weight is 285 g/mol. The van der Waals surface area contributed by atoms with Crippen LogP contribution in [0.25, 0.3) is 0 Å². The zero-order valence-corrected chi connectivity index (χ0v) is 12.9. The van der Waals surface area contributed by atoms with Crippen molar-refractivity contribution < 1.29 is 0 Å². The first-order valence-corrected chi connectivity index (χ1v) is 7.44. The topological polar surface area (TPSA) is 62.7 Å². The van der Waals surface area contributed by atoms with Crippen LogP contribution in [-0.2, 0) is 6.54 Å². The molecule has 2 N–H and O–H groups in total. The third-order valence-electron chi connectivity index (χ3n) is 3.19.